The lowest BCUT2D eigenvalue weighted by atomic mass is 10.1. The second-order valence-corrected chi connectivity index (χ2v) is 3.24. The third-order valence-electron chi connectivity index (χ3n) is 2.16. The summed E-state index contributed by atoms with van der Waals surface area (Å²) in [6.07, 6.45) is 2.95. The van der Waals surface area contributed by atoms with Gasteiger partial charge in [-0.2, -0.15) is 0 Å². The van der Waals surface area contributed by atoms with Crippen LogP contribution in [0.25, 0.3) is 0 Å². The second-order valence-electron chi connectivity index (χ2n) is 3.24. The third-order valence-corrected chi connectivity index (χ3v) is 2.16. The number of amides is 1. The fourth-order valence-corrected chi connectivity index (χ4v) is 1.39. The first kappa shape index (κ1) is 9.89. The highest BCUT2D eigenvalue weighted by Gasteiger charge is 2.25. The topological polar surface area (TPSA) is 54.5 Å². The van der Waals surface area contributed by atoms with Gasteiger partial charge in [0.1, 0.15) is 0 Å². The lowest BCUT2D eigenvalue weighted by Gasteiger charge is -2.25. The average Bonchev–Trinajstić information content (AvgIpc) is 2.17. The number of nitrogens with zero attached hydrogens (tertiary/aromatic N) is 1. The lowest BCUT2D eigenvalue weighted by Crippen LogP contribution is -2.42. The minimum absolute atomic E-state index is 0.609. The quantitative estimate of drug-likeness (QED) is 0.452. The van der Waals surface area contributed by atoms with E-state index in [1.165, 1.54) is 4.90 Å². The zero-order valence-electron chi connectivity index (χ0n) is 7.71. The van der Waals surface area contributed by atoms with Gasteiger partial charge in [-0.25, -0.2) is 0 Å². The Bertz CT molecular complexity index is 241. The van der Waals surface area contributed by atoms with Gasteiger partial charge in [-0.3, -0.25) is 14.4 Å². The minimum Gasteiger partial charge on any atom is -0.336 e. The molecule has 1 fully saturated rings. The molecule has 0 spiro atoms. The van der Waals surface area contributed by atoms with Crippen molar-refractivity contribution in [2.45, 2.75) is 26.2 Å². The Hall–Kier alpha value is -1.19. The zero-order chi connectivity index (χ0) is 9.84. The van der Waals surface area contributed by atoms with Crippen LogP contribution in [-0.4, -0.2) is 35.5 Å². The predicted molar refractivity (Wildman–Crippen MR) is 46.1 cm³/mol. The Labute approximate surface area is 76.9 Å². The Morgan fingerprint density at radius 1 is 1.00 bits per heavy atom. The van der Waals surface area contributed by atoms with E-state index in [1.54, 1.807) is 0 Å². The maximum atomic E-state index is 11.3. The van der Waals surface area contributed by atoms with Gasteiger partial charge in [0.2, 0.25) is 5.78 Å². The molecule has 1 heterocycles. The van der Waals surface area contributed by atoms with E-state index < -0.39 is 17.5 Å². The van der Waals surface area contributed by atoms with Crippen molar-refractivity contribution in [2.75, 3.05) is 13.1 Å². The van der Waals surface area contributed by atoms with Gasteiger partial charge in [-0.15, -0.1) is 0 Å². The van der Waals surface area contributed by atoms with Crippen LogP contribution in [-0.2, 0) is 14.4 Å². The first-order chi connectivity index (χ1) is 6.13. The van der Waals surface area contributed by atoms with Gasteiger partial charge in [-0.05, 0) is 19.3 Å². The van der Waals surface area contributed by atoms with E-state index in [4.69, 9.17) is 0 Å². The molecule has 13 heavy (non-hydrogen) atoms. The van der Waals surface area contributed by atoms with Crippen LogP contribution in [0.1, 0.15) is 26.2 Å². The number of hydrogen-bond donors (Lipinski definition) is 0. The summed E-state index contributed by atoms with van der Waals surface area (Å²) in [6, 6.07) is 0. The Kier molecular flexibility index (Phi) is 3.17. The molecule has 0 N–H and O–H groups in total. The van der Waals surface area contributed by atoms with E-state index in [2.05, 4.69) is 0 Å². The molecule has 1 rings (SSSR count). The van der Waals surface area contributed by atoms with Gasteiger partial charge in [0.05, 0.1) is 0 Å². The maximum absolute atomic E-state index is 11.3. The molecule has 72 valence electrons. The standard InChI is InChI=1S/C9H13NO3/c1-7(11)8(12)9(13)10-5-3-2-4-6-10/h2-6H2,1H3. The SMILES string of the molecule is CC(=O)C(=O)C(=O)N1CCCCC1. The van der Waals surface area contributed by atoms with Gasteiger partial charge in [0, 0.05) is 20.0 Å². The smallest absolute Gasteiger partial charge is 0.298 e. The molecular weight excluding hydrogens is 170 g/mol. The first-order valence-corrected chi connectivity index (χ1v) is 4.47. The molecule has 0 atom stereocenters. The minimum atomic E-state index is -0.887. The van der Waals surface area contributed by atoms with Crippen molar-refractivity contribution in [3.63, 3.8) is 0 Å². The van der Waals surface area contributed by atoms with Gasteiger partial charge in [-0.1, -0.05) is 0 Å². The molecule has 1 amide bonds. The zero-order valence-corrected chi connectivity index (χ0v) is 7.71. The summed E-state index contributed by atoms with van der Waals surface area (Å²) >= 11 is 0. The second kappa shape index (κ2) is 4.16. The number of carbonyl (C=O) groups is 3. The Balaban J connectivity index is 2.55. The van der Waals surface area contributed by atoms with Crippen molar-refractivity contribution < 1.29 is 14.4 Å². The summed E-state index contributed by atoms with van der Waals surface area (Å²) in [7, 11) is 0. The monoisotopic (exact) mass is 183 g/mol. The van der Waals surface area contributed by atoms with E-state index in [0.29, 0.717) is 13.1 Å². The van der Waals surface area contributed by atoms with Crippen LogP contribution in [0.15, 0.2) is 0 Å². The summed E-state index contributed by atoms with van der Waals surface area (Å²) in [5.41, 5.74) is 0. The molecule has 0 unspecified atom stereocenters. The van der Waals surface area contributed by atoms with Crippen molar-refractivity contribution >= 4 is 17.5 Å². The van der Waals surface area contributed by atoms with Gasteiger partial charge < -0.3 is 4.90 Å². The fraction of sp³-hybridized carbons (Fsp3) is 0.667. The first-order valence-electron chi connectivity index (χ1n) is 4.47. The molecule has 0 aromatic rings. The van der Waals surface area contributed by atoms with Crippen LogP contribution in [0.5, 0.6) is 0 Å². The van der Waals surface area contributed by atoms with Gasteiger partial charge in [0.15, 0.2) is 0 Å². The van der Waals surface area contributed by atoms with Crippen LogP contribution in [0.3, 0.4) is 0 Å². The highest BCUT2D eigenvalue weighted by Crippen LogP contribution is 2.08. The van der Waals surface area contributed by atoms with E-state index in [1.807, 2.05) is 0 Å². The Morgan fingerprint density at radius 2 is 1.54 bits per heavy atom. The summed E-state index contributed by atoms with van der Waals surface area (Å²) < 4.78 is 0. The number of piperidine rings is 1. The Morgan fingerprint density at radius 3 is 2.00 bits per heavy atom. The summed E-state index contributed by atoms with van der Waals surface area (Å²) in [4.78, 5) is 34.4. The third kappa shape index (κ3) is 2.37. The number of rotatable bonds is 2. The molecule has 0 bridgehead atoms. The van der Waals surface area contributed by atoms with Crippen LogP contribution in [0.2, 0.25) is 0 Å². The molecule has 0 aromatic heterocycles. The maximum Gasteiger partial charge on any atom is 0.298 e. The molecule has 4 nitrogen and oxygen atoms in total. The van der Waals surface area contributed by atoms with Crippen LogP contribution >= 0.6 is 0 Å². The van der Waals surface area contributed by atoms with Crippen LogP contribution in [0.4, 0.5) is 0 Å². The summed E-state index contributed by atoms with van der Waals surface area (Å²) in [6.45, 7) is 2.35. The molecule has 1 saturated heterocycles. The number of carbonyl (C=O) groups excluding carboxylic acids is 3. The predicted octanol–water partition coefficient (Wildman–Crippen LogP) is 0.157. The molecule has 1 aliphatic rings. The average molecular weight is 183 g/mol. The molecular formula is C9H13NO3. The normalized spacial score (nSPS) is 16.8. The van der Waals surface area contributed by atoms with Gasteiger partial charge >= 0.3 is 0 Å². The van der Waals surface area contributed by atoms with Gasteiger partial charge in [0.25, 0.3) is 11.7 Å². The lowest BCUT2D eigenvalue weighted by molar-refractivity contribution is -0.149. The highest BCUT2D eigenvalue weighted by molar-refractivity contribution is 6.62. The molecule has 0 aromatic carbocycles. The number of Topliss-reactive ketones (excluding diaryl/α,β-unsaturated/α-hetero) is 2. The van der Waals surface area contributed by atoms with Crippen LogP contribution in [0, 0.1) is 0 Å². The number of likely N-dealkylation sites (tertiary alicyclic amines) is 1. The fourth-order valence-electron chi connectivity index (χ4n) is 1.39. The molecule has 0 saturated carbocycles. The molecule has 1 aliphatic heterocycles. The highest BCUT2D eigenvalue weighted by atomic mass is 16.2. The molecule has 0 aliphatic carbocycles. The largest absolute Gasteiger partial charge is 0.336 e. The van der Waals surface area contributed by atoms with E-state index >= 15 is 0 Å². The summed E-state index contributed by atoms with van der Waals surface area (Å²) in [5.74, 6) is -2.19. The van der Waals surface area contributed by atoms with Crippen molar-refractivity contribution in [1.29, 1.82) is 0 Å². The van der Waals surface area contributed by atoms with Crippen molar-refractivity contribution in [3.8, 4) is 0 Å². The number of ketones is 2. The van der Waals surface area contributed by atoms with Crippen LogP contribution < -0.4 is 0 Å². The number of hydrogen-bond acceptors (Lipinski definition) is 3. The van der Waals surface area contributed by atoms with E-state index in [-0.39, 0.29) is 0 Å². The van der Waals surface area contributed by atoms with E-state index in [9.17, 15) is 14.4 Å². The van der Waals surface area contributed by atoms with Crippen molar-refractivity contribution in [1.82, 2.24) is 4.90 Å². The molecule has 4 heteroatoms. The van der Waals surface area contributed by atoms with E-state index in [0.717, 1.165) is 26.2 Å². The van der Waals surface area contributed by atoms with Crippen molar-refractivity contribution in [3.05, 3.63) is 0 Å². The summed E-state index contributed by atoms with van der Waals surface area (Å²) in [5, 5.41) is 0. The molecule has 0 radical (unpaired) electrons. The van der Waals surface area contributed by atoms with Crippen molar-refractivity contribution in [2.24, 2.45) is 0 Å².